The summed E-state index contributed by atoms with van der Waals surface area (Å²) in [6.45, 7) is 8.61. The normalized spacial score (nSPS) is 21.8. The Morgan fingerprint density at radius 1 is 1.11 bits per heavy atom. The van der Waals surface area contributed by atoms with E-state index < -0.39 is 0 Å². The number of nitrogens with one attached hydrogen (secondary N) is 1. The number of benzene rings is 1. The van der Waals surface area contributed by atoms with Crippen molar-refractivity contribution in [2.45, 2.75) is 6.92 Å². The van der Waals surface area contributed by atoms with E-state index in [0.29, 0.717) is 5.41 Å². The first-order valence-corrected chi connectivity index (χ1v) is 7.00. The van der Waals surface area contributed by atoms with Gasteiger partial charge in [-0.05, 0) is 24.3 Å². The van der Waals surface area contributed by atoms with Crippen molar-refractivity contribution >= 4 is 11.4 Å². The zero-order valence-electron chi connectivity index (χ0n) is 11.5. The van der Waals surface area contributed by atoms with Crippen LogP contribution in [0.3, 0.4) is 0 Å². The van der Waals surface area contributed by atoms with Crippen molar-refractivity contribution in [3.8, 4) is 0 Å². The largest absolute Gasteiger partial charge is 0.384 e. The van der Waals surface area contributed by atoms with Gasteiger partial charge in [-0.25, -0.2) is 0 Å². The number of rotatable bonds is 4. The molecule has 2 aliphatic rings. The minimum absolute atomic E-state index is 0.308. The summed E-state index contributed by atoms with van der Waals surface area (Å²) in [4.78, 5) is 2.37. The molecule has 0 radical (unpaired) electrons. The molecule has 19 heavy (non-hydrogen) atoms. The highest BCUT2D eigenvalue weighted by Crippen LogP contribution is 2.27. The van der Waals surface area contributed by atoms with Gasteiger partial charge in [0, 0.05) is 36.4 Å². The van der Waals surface area contributed by atoms with Crippen LogP contribution < -0.4 is 10.2 Å². The van der Waals surface area contributed by atoms with Crippen molar-refractivity contribution in [1.82, 2.24) is 0 Å². The lowest BCUT2D eigenvalue weighted by Gasteiger charge is -2.38. The first-order chi connectivity index (χ1) is 9.25. The Kier molecular flexibility index (Phi) is 3.62. The van der Waals surface area contributed by atoms with Crippen molar-refractivity contribution in [1.29, 1.82) is 0 Å². The zero-order valence-corrected chi connectivity index (χ0v) is 11.5. The number of hydrogen-bond acceptors (Lipinski definition) is 4. The highest BCUT2D eigenvalue weighted by molar-refractivity contribution is 5.55. The van der Waals surface area contributed by atoms with Gasteiger partial charge >= 0.3 is 0 Å². The van der Waals surface area contributed by atoms with E-state index in [1.54, 1.807) is 0 Å². The highest BCUT2D eigenvalue weighted by Gasteiger charge is 2.32. The van der Waals surface area contributed by atoms with Crippen LogP contribution in [0.15, 0.2) is 24.3 Å². The molecule has 2 heterocycles. The van der Waals surface area contributed by atoms with Crippen molar-refractivity contribution in [3.63, 3.8) is 0 Å². The van der Waals surface area contributed by atoms with Crippen molar-refractivity contribution in [3.05, 3.63) is 24.3 Å². The average molecular weight is 262 g/mol. The summed E-state index contributed by atoms with van der Waals surface area (Å²) >= 11 is 0. The lowest BCUT2D eigenvalue weighted by Crippen LogP contribution is -2.45. The SMILES string of the molecule is CC1(CNc2ccc(N3CCOCC3)cc2)COC1. The minimum Gasteiger partial charge on any atom is -0.384 e. The smallest absolute Gasteiger partial charge is 0.0642 e. The van der Waals surface area contributed by atoms with Crippen LogP contribution in [0.5, 0.6) is 0 Å². The maximum Gasteiger partial charge on any atom is 0.0642 e. The molecule has 1 aromatic carbocycles. The van der Waals surface area contributed by atoms with E-state index in [-0.39, 0.29) is 0 Å². The Balaban J connectivity index is 1.55. The first kappa shape index (κ1) is 12.8. The third-order valence-corrected chi connectivity index (χ3v) is 3.86. The summed E-state index contributed by atoms with van der Waals surface area (Å²) in [6.07, 6.45) is 0. The van der Waals surface area contributed by atoms with Gasteiger partial charge in [0.1, 0.15) is 0 Å². The Bertz CT molecular complexity index is 409. The van der Waals surface area contributed by atoms with Crippen LogP contribution in [0.2, 0.25) is 0 Å². The Labute approximate surface area is 114 Å². The summed E-state index contributed by atoms with van der Waals surface area (Å²) in [7, 11) is 0. The second-order valence-corrected chi connectivity index (χ2v) is 5.80. The Morgan fingerprint density at radius 2 is 1.79 bits per heavy atom. The fraction of sp³-hybridized carbons (Fsp3) is 0.600. The maximum atomic E-state index is 5.37. The van der Waals surface area contributed by atoms with Gasteiger partial charge in [0.05, 0.1) is 26.4 Å². The highest BCUT2D eigenvalue weighted by atomic mass is 16.5. The monoisotopic (exact) mass is 262 g/mol. The molecule has 2 fully saturated rings. The van der Waals surface area contributed by atoms with Crippen LogP contribution >= 0.6 is 0 Å². The van der Waals surface area contributed by atoms with Gasteiger partial charge in [0.15, 0.2) is 0 Å². The fourth-order valence-electron chi connectivity index (χ4n) is 2.48. The van der Waals surface area contributed by atoms with Gasteiger partial charge in [0.2, 0.25) is 0 Å². The average Bonchev–Trinajstić information content (AvgIpc) is 2.45. The fourth-order valence-corrected chi connectivity index (χ4v) is 2.48. The van der Waals surface area contributed by atoms with Gasteiger partial charge < -0.3 is 19.7 Å². The third-order valence-electron chi connectivity index (χ3n) is 3.86. The van der Waals surface area contributed by atoms with Gasteiger partial charge in [-0.15, -0.1) is 0 Å². The summed E-state index contributed by atoms with van der Waals surface area (Å²) in [5.74, 6) is 0. The molecule has 1 N–H and O–H groups in total. The topological polar surface area (TPSA) is 33.7 Å². The van der Waals surface area contributed by atoms with Crippen LogP contribution in [0, 0.1) is 5.41 Å². The molecule has 0 bridgehead atoms. The Hall–Kier alpha value is -1.26. The van der Waals surface area contributed by atoms with E-state index in [4.69, 9.17) is 9.47 Å². The van der Waals surface area contributed by atoms with Crippen LogP contribution in [-0.2, 0) is 9.47 Å². The molecule has 104 valence electrons. The Morgan fingerprint density at radius 3 is 2.37 bits per heavy atom. The van der Waals surface area contributed by atoms with Crippen LogP contribution in [0.25, 0.3) is 0 Å². The molecule has 0 unspecified atom stereocenters. The molecule has 0 spiro atoms. The summed E-state index contributed by atoms with van der Waals surface area (Å²) < 4.78 is 10.6. The van der Waals surface area contributed by atoms with Crippen molar-refractivity contribution < 1.29 is 9.47 Å². The number of hydrogen-bond donors (Lipinski definition) is 1. The van der Waals surface area contributed by atoms with E-state index in [1.165, 1.54) is 11.4 Å². The molecule has 2 saturated heterocycles. The lowest BCUT2D eigenvalue weighted by molar-refractivity contribution is -0.0924. The first-order valence-electron chi connectivity index (χ1n) is 7.00. The van der Waals surface area contributed by atoms with Crippen LogP contribution in [0.1, 0.15) is 6.92 Å². The second-order valence-electron chi connectivity index (χ2n) is 5.80. The predicted molar refractivity (Wildman–Crippen MR) is 76.9 cm³/mol. The summed E-state index contributed by atoms with van der Waals surface area (Å²) in [5, 5.41) is 3.49. The minimum atomic E-state index is 0.308. The number of ether oxygens (including phenoxy) is 2. The van der Waals surface area contributed by atoms with Crippen molar-refractivity contribution in [2.75, 3.05) is 56.3 Å². The van der Waals surface area contributed by atoms with E-state index in [1.807, 2.05) is 0 Å². The van der Waals surface area contributed by atoms with Gasteiger partial charge in [-0.1, -0.05) is 6.92 Å². The standard InChI is InChI=1S/C15H22N2O2/c1-15(11-19-12-15)10-16-13-2-4-14(5-3-13)17-6-8-18-9-7-17/h2-5,16H,6-12H2,1H3. The molecular formula is C15H22N2O2. The number of nitrogens with zero attached hydrogens (tertiary/aromatic N) is 1. The van der Waals surface area contributed by atoms with Gasteiger partial charge in [0.25, 0.3) is 0 Å². The third kappa shape index (κ3) is 3.01. The molecule has 4 nitrogen and oxygen atoms in total. The van der Waals surface area contributed by atoms with E-state index >= 15 is 0 Å². The molecule has 0 atom stereocenters. The van der Waals surface area contributed by atoms with Gasteiger partial charge in [-0.2, -0.15) is 0 Å². The molecule has 0 amide bonds. The summed E-state index contributed by atoms with van der Waals surface area (Å²) in [6, 6.07) is 8.70. The molecule has 0 saturated carbocycles. The number of morpholine rings is 1. The molecule has 3 rings (SSSR count). The lowest BCUT2D eigenvalue weighted by atomic mass is 9.89. The quantitative estimate of drug-likeness (QED) is 0.899. The van der Waals surface area contributed by atoms with E-state index in [2.05, 4.69) is 41.4 Å². The summed E-state index contributed by atoms with van der Waals surface area (Å²) in [5.41, 5.74) is 2.78. The van der Waals surface area contributed by atoms with Gasteiger partial charge in [-0.3, -0.25) is 0 Å². The molecule has 4 heteroatoms. The predicted octanol–water partition coefficient (Wildman–Crippen LogP) is 1.97. The van der Waals surface area contributed by atoms with Crippen LogP contribution in [-0.4, -0.2) is 46.1 Å². The second kappa shape index (κ2) is 5.39. The molecular weight excluding hydrogens is 240 g/mol. The van der Waals surface area contributed by atoms with Crippen LogP contribution in [0.4, 0.5) is 11.4 Å². The molecule has 0 aliphatic carbocycles. The molecule has 0 aromatic heterocycles. The maximum absolute atomic E-state index is 5.37. The van der Waals surface area contributed by atoms with Crippen molar-refractivity contribution in [2.24, 2.45) is 5.41 Å². The zero-order chi connectivity index (χ0) is 13.1. The van der Waals surface area contributed by atoms with E-state index in [0.717, 1.165) is 46.1 Å². The molecule has 2 aliphatic heterocycles. The van der Waals surface area contributed by atoms with E-state index in [9.17, 15) is 0 Å². The molecule has 1 aromatic rings. The number of anilines is 2.